The van der Waals surface area contributed by atoms with E-state index < -0.39 is 0 Å². The maximum Gasteiger partial charge on any atom is 0.226 e. The van der Waals surface area contributed by atoms with Gasteiger partial charge in [0.25, 0.3) is 0 Å². The van der Waals surface area contributed by atoms with Crippen molar-refractivity contribution in [1.29, 1.82) is 0 Å². The first-order chi connectivity index (χ1) is 10.4. The summed E-state index contributed by atoms with van der Waals surface area (Å²) in [5, 5.41) is 5.85. The van der Waals surface area contributed by atoms with Gasteiger partial charge in [-0.2, -0.15) is 0 Å². The van der Waals surface area contributed by atoms with Crippen molar-refractivity contribution < 1.29 is 4.79 Å². The van der Waals surface area contributed by atoms with E-state index in [-0.39, 0.29) is 29.9 Å². The number of rotatable bonds is 7. The van der Waals surface area contributed by atoms with Gasteiger partial charge in [0, 0.05) is 29.7 Å². The third-order valence-corrected chi connectivity index (χ3v) is 3.60. The van der Waals surface area contributed by atoms with Crippen LogP contribution in [0.25, 0.3) is 0 Å². The van der Waals surface area contributed by atoms with Crippen LogP contribution in [0.15, 0.2) is 27.7 Å². The van der Waals surface area contributed by atoms with Gasteiger partial charge in [-0.3, -0.25) is 9.79 Å². The number of nitrogens with zero attached hydrogens (tertiary/aromatic N) is 1. The second kappa shape index (κ2) is 11.7. The largest absolute Gasteiger partial charge is 0.370 e. The molecule has 0 atom stereocenters. The van der Waals surface area contributed by atoms with Crippen LogP contribution in [0, 0.1) is 12.8 Å². The first kappa shape index (κ1) is 22.2. The minimum atomic E-state index is -0.0482. The van der Waals surface area contributed by atoms with Crippen LogP contribution in [-0.2, 0) is 4.79 Å². The second-order valence-electron chi connectivity index (χ2n) is 5.63. The Balaban J connectivity index is 0.00000484. The third kappa shape index (κ3) is 9.80. The standard InChI is InChI=1S/C16H25BrN4O.HI/c1-11(2)6-8-19-16(18)20-9-7-15(22)21-14-5-4-13(17)10-12(14)3;/h4-5,10-11H,6-9H2,1-3H3,(H,21,22)(H3,18,19,20);1H. The lowest BCUT2D eigenvalue weighted by atomic mass is 10.1. The molecular formula is C16H26BrIN4O. The van der Waals surface area contributed by atoms with Gasteiger partial charge in [0.05, 0.1) is 0 Å². The molecule has 1 rings (SSSR count). The molecule has 0 bridgehead atoms. The van der Waals surface area contributed by atoms with Crippen LogP contribution in [0.5, 0.6) is 0 Å². The lowest BCUT2D eigenvalue weighted by molar-refractivity contribution is -0.116. The van der Waals surface area contributed by atoms with Crippen molar-refractivity contribution in [3.63, 3.8) is 0 Å². The van der Waals surface area contributed by atoms with Crippen LogP contribution in [-0.4, -0.2) is 25.0 Å². The first-order valence-electron chi connectivity index (χ1n) is 7.48. The Kier molecular flexibility index (Phi) is 11.2. The van der Waals surface area contributed by atoms with Crippen molar-refractivity contribution in [2.24, 2.45) is 16.6 Å². The Morgan fingerprint density at radius 1 is 1.39 bits per heavy atom. The zero-order valence-electron chi connectivity index (χ0n) is 13.9. The van der Waals surface area contributed by atoms with E-state index in [2.05, 4.69) is 45.4 Å². The topological polar surface area (TPSA) is 79.5 Å². The van der Waals surface area contributed by atoms with Gasteiger partial charge in [0.2, 0.25) is 5.91 Å². The van der Waals surface area contributed by atoms with E-state index in [0.717, 1.165) is 22.1 Å². The molecule has 1 aromatic carbocycles. The van der Waals surface area contributed by atoms with Gasteiger partial charge in [-0.25, -0.2) is 0 Å². The molecule has 1 aromatic rings. The van der Waals surface area contributed by atoms with Gasteiger partial charge in [0.1, 0.15) is 0 Å². The summed E-state index contributed by atoms with van der Waals surface area (Å²) in [6, 6.07) is 5.75. The van der Waals surface area contributed by atoms with Crippen LogP contribution in [0.4, 0.5) is 5.69 Å². The Morgan fingerprint density at radius 2 is 2.09 bits per heavy atom. The number of nitrogens with two attached hydrogens (primary N) is 1. The molecule has 0 radical (unpaired) electrons. The number of amides is 1. The highest BCUT2D eigenvalue weighted by Crippen LogP contribution is 2.19. The van der Waals surface area contributed by atoms with E-state index in [4.69, 9.17) is 5.73 Å². The molecule has 1 amide bonds. The summed E-state index contributed by atoms with van der Waals surface area (Å²) in [7, 11) is 0. The lowest BCUT2D eigenvalue weighted by Gasteiger charge is -2.09. The number of guanidine groups is 1. The van der Waals surface area contributed by atoms with Crippen LogP contribution in [0.3, 0.4) is 0 Å². The molecular weight excluding hydrogens is 471 g/mol. The van der Waals surface area contributed by atoms with Crippen molar-refractivity contribution in [3.05, 3.63) is 28.2 Å². The van der Waals surface area contributed by atoms with Gasteiger partial charge in [-0.1, -0.05) is 29.8 Å². The molecule has 23 heavy (non-hydrogen) atoms. The van der Waals surface area contributed by atoms with Crippen LogP contribution in [0.2, 0.25) is 0 Å². The summed E-state index contributed by atoms with van der Waals surface area (Å²) >= 11 is 3.40. The fourth-order valence-electron chi connectivity index (χ4n) is 1.78. The van der Waals surface area contributed by atoms with E-state index >= 15 is 0 Å². The van der Waals surface area contributed by atoms with Gasteiger partial charge in [-0.05, 0) is 43.0 Å². The second-order valence-corrected chi connectivity index (χ2v) is 6.55. The quantitative estimate of drug-likeness (QED) is 0.306. The smallest absolute Gasteiger partial charge is 0.226 e. The number of carbonyl (C=O) groups is 1. The SMILES string of the molecule is Cc1cc(Br)ccc1NC(=O)CCNC(N)=NCCC(C)C.I. The average Bonchev–Trinajstić information content (AvgIpc) is 2.41. The highest BCUT2D eigenvalue weighted by molar-refractivity contribution is 14.0. The van der Waals surface area contributed by atoms with Gasteiger partial charge in [0.15, 0.2) is 5.96 Å². The summed E-state index contributed by atoms with van der Waals surface area (Å²) in [4.78, 5) is 16.1. The molecule has 0 aromatic heterocycles. The monoisotopic (exact) mass is 496 g/mol. The molecule has 0 heterocycles. The number of halogens is 2. The number of hydrogen-bond donors (Lipinski definition) is 3. The number of aliphatic imine (C=N–C) groups is 1. The first-order valence-corrected chi connectivity index (χ1v) is 8.27. The number of hydrogen-bond acceptors (Lipinski definition) is 2. The maximum absolute atomic E-state index is 11.9. The summed E-state index contributed by atoms with van der Waals surface area (Å²) < 4.78 is 0.995. The minimum absolute atomic E-state index is 0. The van der Waals surface area contributed by atoms with Gasteiger partial charge >= 0.3 is 0 Å². The van der Waals surface area contributed by atoms with E-state index in [9.17, 15) is 4.79 Å². The van der Waals surface area contributed by atoms with Crippen LogP contribution in [0.1, 0.15) is 32.3 Å². The van der Waals surface area contributed by atoms with E-state index in [1.54, 1.807) is 0 Å². The van der Waals surface area contributed by atoms with Crippen LogP contribution < -0.4 is 16.4 Å². The number of aryl methyl sites for hydroxylation is 1. The zero-order valence-corrected chi connectivity index (χ0v) is 17.8. The fraction of sp³-hybridized carbons (Fsp3) is 0.500. The molecule has 0 spiro atoms. The minimum Gasteiger partial charge on any atom is -0.370 e. The summed E-state index contributed by atoms with van der Waals surface area (Å²) in [6.45, 7) is 7.43. The predicted molar refractivity (Wildman–Crippen MR) is 111 cm³/mol. The number of benzene rings is 1. The Morgan fingerprint density at radius 3 is 2.70 bits per heavy atom. The molecule has 130 valence electrons. The van der Waals surface area contributed by atoms with Crippen molar-refractivity contribution in [1.82, 2.24) is 5.32 Å². The molecule has 0 aliphatic heterocycles. The molecule has 7 heteroatoms. The van der Waals surface area contributed by atoms with E-state index in [1.807, 2.05) is 25.1 Å². The highest BCUT2D eigenvalue weighted by Gasteiger charge is 2.05. The molecule has 5 nitrogen and oxygen atoms in total. The zero-order chi connectivity index (χ0) is 16.5. The lowest BCUT2D eigenvalue weighted by Crippen LogP contribution is -2.34. The summed E-state index contributed by atoms with van der Waals surface area (Å²) in [6.07, 6.45) is 1.35. The molecule has 4 N–H and O–H groups in total. The van der Waals surface area contributed by atoms with Crippen molar-refractivity contribution in [2.45, 2.75) is 33.6 Å². The summed E-state index contributed by atoms with van der Waals surface area (Å²) in [5.41, 5.74) is 7.59. The number of carbonyl (C=O) groups excluding carboxylic acids is 1. The van der Waals surface area contributed by atoms with Gasteiger partial charge < -0.3 is 16.4 Å². The Hall–Kier alpha value is -0.830. The molecule has 0 fully saturated rings. The number of anilines is 1. The van der Waals surface area contributed by atoms with Crippen molar-refractivity contribution >= 4 is 57.5 Å². The molecule has 0 saturated heterocycles. The average molecular weight is 497 g/mol. The van der Waals surface area contributed by atoms with Crippen molar-refractivity contribution in [3.8, 4) is 0 Å². The molecule has 0 saturated carbocycles. The van der Waals surface area contributed by atoms with Gasteiger partial charge in [-0.15, -0.1) is 24.0 Å². The summed E-state index contributed by atoms with van der Waals surface area (Å²) in [5.74, 6) is 0.956. The molecule has 0 aliphatic carbocycles. The number of nitrogens with one attached hydrogen (secondary N) is 2. The van der Waals surface area contributed by atoms with E-state index in [1.165, 1.54) is 0 Å². The highest BCUT2D eigenvalue weighted by atomic mass is 127. The Bertz CT molecular complexity index is 535. The van der Waals surface area contributed by atoms with Crippen LogP contribution >= 0.6 is 39.9 Å². The third-order valence-electron chi connectivity index (χ3n) is 3.11. The molecule has 0 unspecified atom stereocenters. The van der Waals surface area contributed by atoms with Crippen molar-refractivity contribution in [2.75, 3.05) is 18.4 Å². The predicted octanol–water partition coefficient (Wildman–Crippen LogP) is 3.65. The fourth-order valence-corrected chi connectivity index (χ4v) is 2.26. The normalized spacial score (nSPS) is 11.1. The van der Waals surface area contributed by atoms with E-state index in [0.29, 0.717) is 31.4 Å². The Labute approximate surface area is 164 Å². The maximum atomic E-state index is 11.9. The molecule has 0 aliphatic rings.